The molecular weight excluding hydrogens is 222 g/mol. The Morgan fingerprint density at radius 3 is 2.72 bits per heavy atom. The molecule has 0 aliphatic heterocycles. The standard InChI is InChI=1S/C15H23N3/c1-3-7-12(16)11-15-17-13-8-5-6-9-14(13)18(15)10-4-2/h5-6,8-9,12H,3-4,7,10-11,16H2,1-2H3. The van der Waals surface area contributed by atoms with Crippen LogP contribution in [-0.2, 0) is 13.0 Å². The summed E-state index contributed by atoms with van der Waals surface area (Å²) >= 11 is 0. The molecule has 1 aromatic heterocycles. The Balaban J connectivity index is 2.33. The van der Waals surface area contributed by atoms with Crippen LogP contribution in [0, 0.1) is 0 Å². The second-order valence-corrected chi connectivity index (χ2v) is 4.92. The molecule has 0 saturated heterocycles. The van der Waals surface area contributed by atoms with Crippen molar-refractivity contribution < 1.29 is 0 Å². The molecule has 1 atom stereocenters. The fourth-order valence-corrected chi connectivity index (χ4v) is 2.46. The molecule has 0 bridgehead atoms. The molecule has 1 unspecified atom stereocenters. The summed E-state index contributed by atoms with van der Waals surface area (Å²) in [6, 6.07) is 8.57. The number of imidazole rings is 1. The lowest BCUT2D eigenvalue weighted by Crippen LogP contribution is -2.24. The molecule has 0 aliphatic carbocycles. The van der Waals surface area contributed by atoms with Crippen LogP contribution in [0.4, 0.5) is 0 Å². The van der Waals surface area contributed by atoms with E-state index in [1.807, 2.05) is 6.07 Å². The number of hydrogen-bond acceptors (Lipinski definition) is 2. The smallest absolute Gasteiger partial charge is 0.111 e. The fraction of sp³-hybridized carbons (Fsp3) is 0.533. The maximum Gasteiger partial charge on any atom is 0.111 e. The number of nitrogens with zero attached hydrogens (tertiary/aromatic N) is 2. The highest BCUT2D eigenvalue weighted by Gasteiger charge is 2.12. The predicted octanol–water partition coefficient (Wildman–Crippen LogP) is 3.12. The van der Waals surface area contributed by atoms with Crippen LogP contribution < -0.4 is 5.73 Å². The third-order valence-corrected chi connectivity index (χ3v) is 3.29. The minimum Gasteiger partial charge on any atom is -0.328 e. The van der Waals surface area contributed by atoms with Crippen molar-refractivity contribution in [2.75, 3.05) is 0 Å². The molecule has 1 aromatic carbocycles. The molecule has 0 radical (unpaired) electrons. The van der Waals surface area contributed by atoms with Gasteiger partial charge in [-0.2, -0.15) is 0 Å². The van der Waals surface area contributed by atoms with Gasteiger partial charge < -0.3 is 10.3 Å². The first-order valence-electron chi connectivity index (χ1n) is 6.96. The molecule has 0 saturated carbocycles. The number of aromatic nitrogens is 2. The average Bonchev–Trinajstić information content (AvgIpc) is 2.68. The summed E-state index contributed by atoms with van der Waals surface area (Å²) in [5.74, 6) is 1.14. The van der Waals surface area contributed by atoms with Gasteiger partial charge in [0.1, 0.15) is 5.82 Å². The molecule has 18 heavy (non-hydrogen) atoms. The highest BCUT2D eigenvalue weighted by Crippen LogP contribution is 2.18. The molecule has 2 rings (SSSR count). The number of benzene rings is 1. The summed E-state index contributed by atoms with van der Waals surface area (Å²) in [7, 11) is 0. The summed E-state index contributed by atoms with van der Waals surface area (Å²) in [5.41, 5.74) is 8.47. The zero-order valence-electron chi connectivity index (χ0n) is 11.4. The van der Waals surface area contributed by atoms with Gasteiger partial charge in [-0.05, 0) is 25.0 Å². The normalized spacial score (nSPS) is 13.1. The van der Waals surface area contributed by atoms with Crippen molar-refractivity contribution in [2.24, 2.45) is 5.73 Å². The number of para-hydroxylation sites is 2. The molecule has 0 aliphatic rings. The zero-order chi connectivity index (χ0) is 13.0. The van der Waals surface area contributed by atoms with E-state index in [-0.39, 0.29) is 6.04 Å². The monoisotopic (exact) mass is 245 g/mol. The van der Waals surface area contributed by atoms with Crippen LogP contribution in [0.15, 0.2) is 24.3 Å². The molecule has 3 nitrogen and oxygen atoms in total. The fourth-order valence-electron chi connectivity index (χ4n) is 2.46. The summed E-state index contributed by atoms with van der Waals surface area (Å²) < 4.78 is 2.32. The topological polar surface area (TPSA) is 43.8 Å². The molecule has 3 heteroatoms. The van der Waals surface area contributed by atoms with Gasteiger partial charge in [-0.1, -0.05) is 32.4 Å². The van der Waals surface area contributed by atoms with Crippen LogP contribution in [-0.4, -0.2) is 15.6 Å². The van der Waals surface area contributed by atoms with Gasteiger partial charge in [0.15, 0.2) is 0 Å². The van der Waals surface area contributed by atoms with Gasteiger partial charge in [0, 0.05) is 19.0 Å². The van der Waals surface area contributed by atoms with Crippen molar-refractivity contribution in [1.29, 1.82) is 0 Å². The van der Waals surface area contributed by atoms with Gasteiger partial charge >= 0.3 is 0 Å². The van der Waals surface area contributed by atoms with E-state index in [1.165, 1.54) is 5.52 Å². The summed E-state index contributed by atoms with van der Waals surface area (Å²) in [6.07, 6.45) is 4.20. The van der Waals surface area contributed by atoms with Crippen molar-refractivity contribution in [1.82, 2.24) is 9.55 Å². The van der Waals surface area contributed by atoms with Crippen molar-refractivity contribution in [3.05, 3.63) is 30.1 Å². The Bertz CT molecular complexity index is 501. The Labute approximate surface area is 109 Å². The SMILES string of the molecule is CCCC(N)Cc1nc2ccccc2n1CCC. The average molecular weight is 245 g/mol. The van der Waals surface area contributed by atoms with E-state index in [2.05, 4.69) is 36.6 Å². The minimum atomic E-state index is 0.224. The molecule has 0 spiro atoms. The summed E-state index contributed by atoms with van der Waals surface area (Å²) in [4.78, 5) is 4.74. The molecule has 0 amide bonds. The van der Waals surface area contributed by atoms with Gasteiger partial charge in [-0.3, -0.25) is 0 Å². The summed E-state index contributed by atoms with van der Waals surface area (Å²) in [5, 5.41) is 0. The van der Waals surface area contributed by atoms with Gasteiger partial charge in [0.05, 0.1) is 11.0 Å². The molecule has 0 fully saturated rings. The van der Waals surface area contributed by atoms with Gasteiger partial charge in [-0.25, -0.2) is 4.98 Å². The quantitative estimate of drug-likeness (QED) is 0.849. The molecule has 98 valence electrons. The minimum absolute atomic E-state index is 0.224. The lowest BCUT2D eigenvalue weighted by molar-refractivity contribution is 0.557. The highest BCUT2D eigenvalue weighted by molar-refractivity contribution is 5.75. The largest absolute Gasteiger partial charge is 0.328 e. The van der Waals surface area contributed by atoms with E-state index in [0.717, 1.165) is 43.6 Å². The third-order valence-electron chi connectivity index (χ3n) is 3.29. The van der Waals surface area contributed by atoms with Crippen LogP contribution in [0.5, 0.6) is 0 Å². The van der Waals surface area contributed by atoms with Crippen LogP contribution in [0.1, 0.15) is 38.9 Å². The first-order chi connectivity index (χ1) is 8.76. The van der Waals surface area contributed by atoms with Crippen LogP contribution in [0.2, 0.25) is 0 Å². The zero-order valence-corrected chi connectivity index (χ0v) is 11.4. The Morgan fingerprint density at radius 1 is 1.22 bits per heavy atom. The van der Waals surface area contributed by atoms with Crippen molar-refractivity contribution in [3.8, 4) is 0 Å². The van der Waals surface area contributed by atoms with Gasteiger partial charge in [-0.15, -0.1) is 0 Å². The maximum atomic E-state index is 6.15. The van der Waals surface area contributed by atoms with Gasteiger partial charge in [0.25, 0.3) is 0 Å². The van der Waals surface area contributed by atoms with Gasteiger partial charge in [0.2, 0.25) is 0 Å². The Hall–Kier alpha value is -1.35. The number of rotatable bonds is 6. The van der Waals surface area contributed by atoms with Crippen LogP contribution >= 0.6 is 0 Å². The molecule has 2 N–H and O–H groups in total. The first kappa shape index (κ1) is 13.1. The van der Waals surface area contributed by atoms with Crippen LogP contribution in [0.25, 0.3) is 11.0 Å². The lowest BCUT2D eigenvalue weighted by atomic mass is 10.1. The van der Waals surface area contributed by atoms with Crippen molar-refractivity contribution in [2.45, 2.75) is 52.1 Å². The van der Waals surface area contributed by atoms with Crippen molar-refractivity contribution >= 4 is 11.0 Å². The second kappa shape index (κ2) is 6.01. The highest BCUT2D eigenvalue weighted by atomic mass is 15.1. The number of fused-ring (bicyclic) bond motifs is 1. The molecule has 2 aromatic rings. The number of nitrogens with two attached hydrogens (primary N) is 1. The predicted molar refractivity (Wildman–Crippen MR) is 76.6 cm³/mol. The summed E-state index contributed by atoms with van der Waals surface area (Å²) in [6.45, 7) is 5.40. The second-order valence-electron chi connectivity index (χ2n) is 4.92. The van der Waals surface area contributed by atoms with E-state index in [0.29, 0.717) is 0 Å². The third kappa shape index (κ3) is 2.72. The maximum absolute atomic E-state index is 6.15. The Kier molecular flexibility index (Phi) is 4.37. The Morgan fingerprint density at radius 2 is 2.00 bits per heavy atom. The number of hydrogen-bond donors (Lipinski definition) is 1. The van der Waals surface area contributed by atoms with E-state index in [1.54, 1.807) is 0 Å². The first-order valence-corrected chi connectivity index (χ1v) is 6.96. The van der Waals surface area contributed by atoms with E-state index < -0.39 is 0 Å². The lowest BCUT2D eigenvalue weighted by Gasteiger charge is -2.12. The molecule has 1 heterocycles. The van der Waals surface area contributed by atoms with Crippen molar-refractivity contribution in [3.63, 3.8) is 0 Å². The van der Waals surface area contributed by atoms with E-state index >= 15 is 0 Å². The van der Waals surface area contributed by atoms with E-state index in [9.17, 15) is 0 Å². The molecular formula is C15H23N3. The van der Waals surface area contributed by atoms with E-state index in [4.69, 9.17) is 10.7 Å². The van der Waals surface area contributed by atoms with Crippen LogP contribution in [0.3, 0.4) is 0 Å². The number of aryl methyl sites for hydroxylation is 1.